The molecule has 1 aromatic carbocycles. The molecule has 1 heterocycles. The number of nitrogens with two attached hydrogens (primary N) is 1. The molecule has 0 fully saturated rings. The summed E-state index contributed by atoms with van der Waals surface area (Å²) in [6, 6.07) is 6.99. The number of nitrogens with one attached hydrogen (secondary N) is 1. The number of aromatic nitrogens is 2. The highest BCUT2D eigenvalue weighted by Crippen LogP contribution is 2.13. The summed E-state index contributed by atoms with van der Waals surface area (Å²) in [5, 5.41) is 3.45. The van der Waals surface area contributed by atoms with Crippen LogP contribution in [0.1, 0.15) is 5.69 Å². The first-order valence-electron chi connectivity index (χ1n) is 4.42. The number of H-pyrrole nitrogens is 1. The van der Waals surface area contributed by atoms with Gasteiger partial charge in [-0.15, -0.1) is 0 Å². The molecule has 15 heavy (non-hydrogen) atoms. The molecular weight excluding hydrogens is 214 g/mol. The molecule has 0 aliphatic carbocycles. The van der Waals surface area contributed by atoms with Gasteiger partial charge in [-0.25, -0.2) is 4.68 Å². The van der Waals surface area contributed by atoms with Gasteiger partial charge in [-0.2, -0.15) is 0 Å². The minimum atomic E-state index is -0.255. The Hall–Kier alpha value is -1.68. The van der Waals surface area contributed by atoms with Crippen molar-refractivity contribution >= 4 is 17.3 Å². The first-order valence-corrected chi connectivity index (χ1v) is 4.80. The number of nitrogens with zero attached hydrogens (tertiary/aromatic N) is 1. The summed E-state index contributed by atoms with van der Waals surface area (Å²) in [7, 11) is 0. The highest BCUT2D eigenvalue weighted by atomic mass is 35.5. The molecule has 2 rings (SSSR count). The van der Waals surface area contributed by atoms with Crippen LogP contribution in [0.4, 0.5) is 5.69 Å². The van der Waals surface area contributed by atoms with E-state index in [1.807, 2.05) is 0 Å². The summed E-state index contributed by atoms with van der Waals surface area (Å²) in [6.45, 7) is 1.75. The first kappa shape index (κ1) is 9.86. The van der Waals surface area contributed by atoms with E-state index in [1.54, 1.807) is 31.2 Å². The van der Waals surface area contributed by atoms with Crippen molar-refractivity contribution in [2.75, 3.05) is 5.73 Å². The molecule has 0 bridgehead atoms. The maximum absolute atomic E-state index is 11.7. The predicted octanol–water partition coefficient (Wildman–Crippen LogP) is 1.71. The standard InChI is InChI=1S/C10H10ClN3O/c1-6-9(12)10(15)14(13-6)8-4-2-3-7(11)5-8/h2-5,13H,12H2,1H3. The molecule has 78 valence electrons. The molecule has 0 aliphatic rings. The van der Waals surface area contributed by atoms with Gasteiger partial charge in [-0.3, -0.25) is 9.89 Å². The van der Waals surface area contributed by atoms with Crippen LogP contribution in [0.25, 0.3) is 5.69 Å². The highest BCUT2D eigenvalue weighted by Gasteiger charge is 2.08. The lowest BCUT2D eigenvalue weighted by molar-refractivity contribution is 0.835. The summed E-state index contributed by atoms with van der Waals surface area (Å²) in [5.74, 6) is 0. The minimum absolute atomic E-state index is 0.231. The molecule has 1 aromatic heterocycles. The van der Waals surface area contributed by atoms with E-state index in [0.29, 0.717) is 16.4 Å². The van der Waals surface area contributed by atoms with Gasteiger partial charge in [0.15, 0.2) is 0 Å². The number of nitrogen functional groups attached to an aromatic ring is 1. The van der Waals surface area contributed by atoms with E-state index >= 15 is 0 Å². The fraction of sp³-hybridized carbons (Fsp3) is 0.100. The second-order valence-electron chi connectivity index (χ2n) is 3.27. The van der Waals surface area contributed by atoms with Crippen LogP contribution >= 0.6 is 11.6 Å². The van der Waals surface area contributed by atoms with E-state index < -0.39 is 0 Å². The number of hydrogen-bond acceptors (Lipinski definition) is 2. The van der Waals surface area contributed by atoms with E-state index in [0.717, 1.165) is 0 Å². The summed E-state index contributed by atoms with van der Waals surface area (Å²) in [5.41, 5.74) is 6.88. The van der Waals surface area contributed by atoms with Crippen LogP contribution in [0.15, 0.2) is 29.1 Å². The van der Waals surface area contributed by atoms with Gasteiger partial charge in [0.25, 0.3) is 5.56 Å². The third-order valence-corrected chi connectivity index (χ3v) is 2.42. The lowest BCUT2D eigenvalue weighted by atomic mass is 10.3. The Bertz CT molecular complexity index is 556. The molecule has 2 aromatic rings. The number of halogens is 1. The van der Waals surface area contributed by atoms with Gasteiger partial charge in [-0.1, -0.05) is 17.7 Å². The topological polar surface area (TPSA) is 63.8 Å². The third-order valence-electron chi connectivity index (χ3n) is 2.18. The van der Waals surface area contributed by atoms with E-state index in [-0.39, 0.29) is 11.2 Å². The minimum Gasteiger partial charge on any atom is -0.393 e. The van der Waals surface area contributed by atoms with Crippen molar-refractivity contribution < 1.29 is 0 Å². The van der Waals surface area contributed by atoms with Crippen molar-refractivity contribution in [3.8, 4) is 5.69 Å². The second-order valence-corrected chi connectivity index (χ2v) is 3.71. The maximum atomic E-state index is 11.7. The van der Waals surface area contributed by atoms with Crippen LogP contribution in [0.5, 0.6) is 0 Å². The Morgan fingerprint density at radius 3 is 2.73 bits per heavy atom. The first-order chi connectivity index (χ1) is 7.09. The van der Waals surface area contributed by atoms with E-state index in [4.69, 9.17) is 17.3 Å². The van der Waals surface area contributed by atoms with Gasteiger partial charge < -0.3 is 5.73 Å². The average molecular weight is 224 g/mol. The second kappa shape index (κ2) is 3.47. The molecule has 0 radical (unpaired) electrons. The molecule has 0 amide bonds. The van der Waals surface area contributed by atoms with Crippen molar-refractivity contribution in [2.45, 2.75) is 6.92 Å². The Kier molecular flexibility index (Phi) is 2.28. The van der Waals surface area contributed by atoms with Crippen LogP contribution in [0.3, 0.4) is 0 Å². The number of rotatable bonds is 1. The fourth-order valence-electron chi connectivity index (χ4n) is 1.36. The zero-order chi connectivity index (χ0) is 11.0. The number of aromatic amines is 1. The zero-order valence-electron chi connectivity index (χ0n) is 8.12. The van der Waals surface area contributed by atoms with Crippen molar-refractivity contribution in [3.05, 3.63) is 45.3 Å². The Morgan fingerprint density at radius 1 is 1.47 bits per heavy atom. The molecule has 3 N–H and O–H groups in total. The lowest BCUT2D eigenvalue weighted by Gasteiger charge is -2.00. The quantitative estimate of drug-likeness (QED) is 0.773. The fourth-order valence-corrected chi connectivity index (χ4v) is 1.54. The SMILES string of the molecule is Cc1[nH]n(-c2cccc(Cl)c2)c(=O)c1N. The molecule has 5 heteroatoms. The number of benzene rings is 1. The molecule has 0 atom stereocenters. The molecule has 0 unspecified atom stereocenters. The van der Waals surface area contributed by atoms with Crippen LogP contribution in [-0.2, 0) is 0 Å². The van der Waals surface area contributed by atoms with Crippen molar-refractivity contribution in [2.24, 2.45) is 0 Å². The van der Waals surface area contributed by atoms with Gasteiger partial charge in [0, 0.05) is 5.02 Å². The van der Waals surface area contributed by atoms with E-state index in [2.05, 4.69) is 5.10 Å². The molecule has 4 nitrogen and oxygen atoms in total. The van der Waals surface area contributed by atoms with E-state index in [9.17, 15) is 4.79 Å². The Labute approximate surface area is 91.3 Å². The van der Waals surface area contributed by atoms with Gasteiger partial charge in [0.1, 0.15) is 5.69 Å². The summed E-state index contributed by atoms with van der Waals surface area (Å²) >= 11 is 5.83. The molecule has 0 spiro atoms. The summed E-state index contributed by atoms with van der Waals surface area (Å²) < 4.78 is 1.37. The normalized spacial score (nSPS) is 10.5. The number of aryl methyl sites for hydroxylation is 1. The van der Waals surface area contributed by atoms with Gasteiger partial charge >= 0.3 is 0 Å². The molecular formula is C10H10ClN3O. The summed E-state index contributed by atoms with van der Waals surface area (Å²) in [4.78, 5) is 11.7. The largest absolute Gasteiger partial charge is 0.393 e. The smallest absolute Gasteiger partial charge is 0.294 e. The highest BCUT2D eigenvalue weighted by molar-refractivity contribution is 6.30. The van der Waals surface area contributed by atoms with Gasteiger partial charge in [0.05, 0.1) is 11.4 Å². The van der Waals surface area contributed by atoms with Crippen LogP contribution in [0, 0.1) is 6.92 Å². The van der Waals surface area contributed by atoms with Crippen LogP contribution in [-0.4, -0.2) is 9.78 Å². The van der Waals surface area contributed by atoms with Gasteiger partial charge in [0.2, 0.25) is 0 Å². The number of anilines is 1. The molecule has 0 saturated heterocycles. The van der Waals surface area contributed by atoms with Crippen molar-refractivity contribution in [1.82, 2.24) is 9.78 Å². The zero-order valence-corrected chi connectivity index (χ0v) is 8.88. The number of hydrogen-bond donors (Lipinski definition) is 2. The van der Waals surface area contributed by atoms with Gasteiger partial charge in [-0.05, 0) is 25.1 Å². The Morgan fingerprint density at radius 2 is 2.20 bits per heavy atom. The maximum Gasteiger partial charge on any atom is 0.294 e. The predicted molar refractivity (Wildman–Crippen MR) is 60.5 cm³/mol. The average Bonchev–Trinajstić information content (AvgIpc) is 2.46. The van der Waals surface area contributed by atoms with Crippen molar-refractivity contribution in [1.29, 1.82) is 0 Å². The summed E-state index contributed by atoms with van der Waals surface area (Å²) in [6.07, 6.45) is 0. The molecule has 0 aliphatic heterocycles. The monoisotopic (exact) mass is 223 g/mol. The van der Waals surface area contributed by atoms with E-state index in [1.165, 1.54) is 4.68 Å². The molecule has 0 saturated carbocycles. The van der Waals surface area contributed by atoms with Crippen LogP contribution in [0.2, 0.25) is 5.02 Å². The Balaban J connectivity index is 2.64. The lowest BCUT2D eigenvalue weighted by Crippen LogP contribution is -2.16. The van der Waals surface area contributed by atoms with Crippen LogP contribution < -0.4 is 11.3 Å². The van der Waals surface area contributed by atoms with Crippen molar-refractivity contribution in [3.63, 3.8) is 0 Å². The third kappa shape index (κ3) is 1.64.